The Balaban J connectivity index is 1.22. The van der Waals surface area contributed by atoms with Gasteiger partial charge in [0.15, 0.2) is 31.5 Å². The van der Waals surface area contributed by atoms with Crippen molar-refractivity contribution in [3.63, 3.8) is 0 Å². The second-order valence-corrected chi connectivity index (χ2v) is 13.9. The standard InChI is InChI=1S/C30H52O26/c31-1-6-11(36)12(37)18(43)27(49-6)54-23-8(3-33)51-29(20(45)14(23)39)56-25-10(5-35)52-30(21(46)16(25)41)55-24-9(4-34)50-28(19(44)15(24)40)53-22-7(2-32)48-26(47)17(42)13(22)38/h6-47H,1-5H2/t6-,7+,8-,9-,10-,11+,12+,13+,14-,15-,16-,17+,18+,19+,20+,21+,22+,23-,24-,25-,26+,27+,28+,29+,30+/m1/s1. The smallest absolute Gasteiger partial charge is 0.187 e. The van der Waals surface area contributed by atoms with Crippen LogP contribution >= 0.6 is 0 Å². The molecule has 328 valence electrons. The molecule has 56 heavy (non-hydrogen) atoms. The second kappa shape index (κ2) is 19.6. The maximum absolute atomic E-state index is 11.1. The Morgan fingerprint density at radius 3 is 0.821 bits per heavy atom. The van der Waals surface area contributed by atoms with E-state index in [4.69, 9.17) is 42.6 Å². The minimum Gasteiger partial charge on any atom is -0.394 e. The zero-order valence-corrected chi connectivity index (χ0v) is 29.2. The Labute approximate surface area is 316 Å². The molecule has 0 unspecified atom stereocenters. The van der Waals surface area contributed by atoms with Gasteiger partial charge in [-0.15, -0.1) is 0 Å². The number of ether oxygens (including phenoxy) is 9. The third kappa shape index (κ3) is 9.16. The molecular weight excluding hydrogens is 776 g/mol. The van der Waals surface area contributed by atoms with E-state index in [2.05, 4.69) is 0 Å². The minimum absolute atomic E-state index is 0.811. The molecule has 0 amide bonds. The van der Waals surface area contributed by atoms with Gasteiger partial charge in [-0.05, 0) is 0 Å². The highest BCUT2D eigenvalue weighted by Crippen LogP contribution is 2.35. The van der Waals surface area contributed by atoms with Gasteiger partial charge in [-0.3, -0.25) is 0 Å². The normalized spacial score (nSPS) is 53.2. The molecule has 5 rings (SSSR count). The van der Waals surface area contributed by atoms with Gasteiger partial charge >= 0.3 is 0 Å². The van der Waals surface area contributed by atoms with Crippen LogP contribution in [0.5, 0.6) is 0 Å². The Bertz CT molecular complexity index is 1200. The van der Waals surface area contributed by atoms with Gasteiger partial charge in [-0.1, -0.05) is 0 Å². The molecule has 0 aliphatic carbocycles. The van der Waals surface area contributed by atoms with Gasteiger partial charge < -0.3 is 129 Å². The van der Waals surface area contributed by atoms with Crippen molar-refractivity contribution < 1.29 is 129 Å². The van der Waals surface area contributed by atoms with Crippen LogP contribution in [0.1, 0.15) is 0 Å². The number of rotatable bonds is 13. The molecule has 0 radical (unpaired) electrons. The van der Waals surface area contributed by atoms with Crippen molar-refractivity contribution in [3.05, 3.63) is 0 Å². The van der Waals surface area contributed by atoms with Crippen LogP contribution in [0.3, 0.4) is 0 Å². The van der Waals surface area contributed by atoms with E-state index in [1.165, 1.54) is 0 Å². The van der Waals surface area contributed by atoms with Gasteiger partial charge in [0.25, 0.3) is 0 Å². The van der Waals surface area contributed by atoms with Crippen molar-refractivity contribution in [2.75, 3.05) is 33.0 Å². The molecule has 25 atom stereocenters. The Kier molecular flexibility index (Phi) is 16.1. The lowest BCUT2D eigenvalue weighted by Crippen LogP contribution is -2.68. The summed E-state index contributed by atoms with van der Waals surface area (Å²) in [5.41, 5.74) is 0. The predicted octanol–water partition coefficient (Wildman–Crippen LogP) is -11.9. The van der Waals surface area contributed by atoms with E-state index in [0.717, 1.165) is 0 Å². The van der Waals surface area contributed by atoms with Gasteiger partial charge in [-0.25, -0.2) is 0 Å². The molecule has 0 bridgehead atoms. The molecule has 5 heterocycles. The molecule has 26 heteroatoms. The Hall–Kier alpha value is -1.04. The lowest BCUT2D eigenvalue weighted by atomic mass is 9.95. The highest BCUT2D eigenvalue weighted by atomic mass is 16.8. The first kappa shape index (κ1) is 46.0. The summed E-state index contributed by atoms with van der Waals surface area (Å²) < 4.78 is 49.1. The molecule has 0 aromatic rings. The highest BCUT2D eigenvalue weighted by Gasteiger charge is 2.56. The van der Waals surface area contributed by atoms with Crippen LogP contribution in [-0.4, -0.2) is 273 Å². The molecule has 26 nitrogen and oxygen atoms in total. The molecule has 0 aromatic heterocycles. The fourth-order valence-corrected chi connectivity index (χ4v) is 7.03. The van der Waals surface area contributed by atoms with Crippen molar-refractivity contribution in [2.45, 2.75) is 154 Å². The summed E-state index contributed by atoms with van der Waals surface area (Å²) in [6.07, 6.45) is -45.8. The summed E-state index contributed by atoms with van der Waals surface area (Å²) in [6.45, 7) is -4.51. The fourth-order valence-electron chi connectivity index (χ4n) is 7.03. The average Bonchev–Trinajstić information content (AvgIpc) is 3.19. The number of aliphatic hydroxyl groups is 17. The van der Waals surface area contributed by atoms with E-state index in [0.29, 0.717) is 0 Å². The molecule has 5 fully saturated rings. The lowest BCUT2D eigenvalue weighted by molar-refractivity contribution is -0.392. The van der Waals surface area contributed by atoms with E-state index in [1.807, 2.05) is 0 Å². The molecular formula is C30H52O26. The Morgan fingerprint density at radius 1 is 0.268 bits per heavy atom. The molecule has 5 saturated heterocycles. The molecule has 17 N–H and O–H groups in total. The zero-order valence-electron chi connectivity index (χ0n) is 29.2. The Morgan fingerprint density at radius 2 is 0.518 bits per heavy atom. The average molecular weight is 829 g/mol. The van der Waals surface area contributed by atoms with Gasteiger partial charge in [0.1, 0.15) is 122 Å². The summed E-state index contributed by atoms with van der Waals surface area (Å²) in [5.74, 6) is 0. The monoisotopic (exact) mass is 828 g/mol. The van der Waals surface area contributed by atoms with Crippen molar-refractivity contribution in [3.8, 4) is 0 Å². The first-order valence-electron chi connectivity index (χ1n) is 17.6. The predicted molar refractivity (Wildman–Crippen MR) is 167 cm³/mol. The van der Waals surface area contributed by atoms with Crippen LogP contribution in [0.25, 0.3) is 0 Å². The number of hydrogen-bond donors (Lipinski definition) is 17. The maximum atomic E-state index is 11.1. The topological polar surface area (TPSA) is 427 Å². The highest BCUT2D eigenvalue weighted by molar-refractivity contribution is 4.99. The lowest BCUT2D eigenvalue weighted by Gasteiger charge is -2.49. The van der Waals surface area contributed by atoms with Crippen LogP contribution in [0, 0.1) is 0 Å². The fraction of sp³-hybridized carbons (Fsp3) is 1.00. The van der Waals surface area contributed by atoms with Gasteiger partial charge in [0.05, 0.1) is 33.0 Å². The van der Waals surface area contributed by atoms with Crippen LogP contribution in [0.2, 0.25) is 0 Å². The summed E-state index contributed by atoms with van der Waals surface area (Å²) >= 11 is 0. The summed E-state index contributed by atoms with van der Waals surface area (Å²) in [7, 11) is 0. The second-order valence-electron chi connectivity index (χ2n) is 13.9. The number of hydrogen-bond acceptors (Lipinski definition) is 26. The van der Waals surface area contributed by atoms with Gasteiger partial charge in [0, 0.05) is 0 Å². The van der Waals surface area contributed by atoms with Crippen molar-refractivity contribution >= 4 is 0 Å². The third-order valence-corrected chi connectivity index (χ3v) is 10.3. The summed E-state index contributed by atoms with van der Waals surface area (Å²) in [4.78, 5) is 0. The molecule has 5 aliphatic rings. The summed E-state index contributed by atoms with van der Waals surface area (Å²) in [5, 5.41) is 176. The molecule has 0 aromatic carbocycles. The molecule has 5 aliphatic heterocycles. The van der Waals surface area contributed by atoms with Gasteiger partial charge in [0.2, 0.25) is 0 Å². The van der Waals surface area contributed by atoms with E-state index < -0.39 is 187 Å². The van der Waals surface area contributed by atoms with Crippen LogP contribution in [0.4, 0.5) is 0 Å². The van der Waals surface area contributed by atoms with Gasteiger partial charge in [-0.2, -0.15) is 0 Å². The summed E-state index contributed by atoms with van der Waals surface area (Å²) in [6, 6.07) is 0. The van der Waals surface area contributed by atoms with E-state index in [1.54, 1.807) is 0 Å². The number of aliphatic hydroxyl groups excluding tert-OH is 17. The zero-order chi connectivity index (χ0) is 41.3. The van der Waals surface area contributed by atoms with Crippen LogP contribution < -0.4 is 0 Å². The van der Waals surface area contributed by atoms with Crippen LogP contribution in [0.15, 0.2) is 0 Å². The van der Waals surface area contributed by atoms with Crippen molar-refractivity contribution in [1.82, 2.24) is 0 Å². The quantitative estimate of drug-likeness (QED) is 0.0819. The third-order valence-electron chi connectivity index (χ3n) is 10.3. The van der Waals surface area contributed by atoms with Crippen molar-refractivity contribution in [1.29, 1.82) is 0 Å². The van der Waals surface area contributed by atoms with Crippen molar-refractivity contribution in [2.24, 2.45) is 0 Å². The SMILES string of the molecule is OC[C@@H]1O[C@H](O)[C@@H](O)[C@H](O)[C@H]1O[C@@H]1O[C@H](CO)[C@@H](O[C@@H]2O[C@H](CO)[C@@H](O[C@@H]3O[C@H](CO)[C@@H](O[C@@H]4O[C@H](CO)[C@H](O)[C@H](O)[C@@H]4O)[C@H](O)[C@@H]3O)[C@H](O)[C@@H]2O)[C@H](O)[C@@H]1O. The minimum atomic E-state index is -2.12. The molecule has 0 saturated carbocycles. The van der Waals surface area contributed by atoms with Crippen LogP contribution in [-0.2, 0) is 42.6 Å². The first-order valence-corrected chi connectivity index (χ1v) is 17.6. The van der Waals surface area contributed by atoms with E-state index in [9.17, 15) is 86.8 Å². The van der Waals surface area contributed by atoms with E-state index in [-0.39, 0.29) is 0 Å². The molecule has 0 spiro atoms. The largest absolute Gasteiger partial charge is 0.394 e. The maximum Gasteiger partial charge on any atom is 0.187 e. The van der Waals surface area contributed by atoms with E-state index >= 15 is 0 Å². The first-order chi connectivity index (χ1) is 26.5.